The number of fused-ring (bicyclic) bond motifs is 1. The zero-order chi connectivity index (χ0) is 16.3. The van der Waals surface area contributed by atoms with Crippen LogP contribution >= 0.6 is 0 Å². The van der Waals surface area contributed by atoms with Crippen molar-refractivity contribution in [3.05, 3.63) is 70.8 Å². The summed E-state index contributed by atoms with van der Waals surface area (Å²) in [6, 6.07) is 16.9. The van der Waals surface area contributed by atoms with Gasteiger partial charge >= 0.3 is 0 Å². The highest BCUT2D eigenvalue weighted by Crippen LogP contribution is 2.29. The number of benzene rings is 2. The van der Waals surface area contributed by atoms with E-state index >= 15 is 0 Å². The first kappa shape index (κ1) is 16.2. The molecule has 23 heavy (non-hydrogen) atoms. The minimum atomic E-state index is -3.16. The smallest absolute Gasteiger partial charge is 0.211 e. The SMILES string of the molecule is CCS(=O)(=O)NCc1ccc2c(c1)C(Cc1ccccc1)NC2. The van der Waals surface area contributed by atoms with E-state index in [1.54, 1.807) is 6.92 Å². The van der Waals surface area contributed by atoms with E-state index in [1.165, 1.54) is 16.7 Å². The van der Waals surface area contributed by atoms with Crippen molar-refractivity contribution in [3.8, 4) is 0 Å². The largest absolute Gasteiger partial charge is 0.306 e. The first-order chi connectivity index (χ1) is 11.1. The Kier molecular flexibility index (Phi) is 4.80. The molecular formula is C18H22N2O2S. The molecule has 0 aromatic heterocycles. The molecule has 0 radical (unpaired) electrons. The molecule has 1 heterocycles. The van der Waals surface area contributed by atoms with Gasteiger partial charge in [-0.2, -0.15) is 0 Å². The molecule has 2 aromatic rings. The maximum absolute atomic E-state index is 11.6. The van der Waals surface area contributed by atoms with E-state index in [0.29, 0.717) is 6.54 Å². The van der Waals surface area contributed by atoms with Crippen LogP contribution in [-0.2, 0) is 29.5 Å². The highest BCUT2D eigenvalue weighted by atomic mass is 32.2. The maximum atomic E-state index is 11.6. The topological polar surface area (TPSA) is 58.2 Å². The standard InChI is InChI=1S/C18H22N2O2S/c1-2-23(21,22)20-12-15-8-9-16-13-19-18(17(16)10-15)11-14-6-4-3-5-7-14/h3-10,18-20H,2,11-13H2,1H3. The minimum Gasteiger partial charge on any atom is -0.306 e. The number of hydrogen-bond acceptors (Lipinski definition) is 3. The molecule has 1 aliphatic rings. The van der Waals surface area contributed by atoms with Crippen LogP contribution in [0.15, 0.2) is 48.5 Å². The highest BCUT2D eigenvalue weighted by molar-refractivity contribution is 7.89. The third-order valence-electron chi connectivity index (χ3n) is 4.28. The molecule has 0 bridgehead atoms. The number of hydrogen-bond donors (Lipinski definition) is 2. The summed E-state index contributed by atoms with van der Waals surface area (Å²) < 4.78 is 25.8. The average molecular weight is 330 g/mol. The van der Waals surface area contributed by atoms with Crippen molar-refractivity contribution in [2.45, 2.75) is 32.5 Å². The number of nitrogens with one attached hydrogen (secondary N) is 2. The second-order valence-electron chi connectivity index (χ2n) is 5.88. The van der Waals surface area contributed by atoms with E-state index in [0.717, 1.165) is 18.5 Å². The molecule has 2 aromatic carbocycles. The van der Waals surface area contributed by atoms with Crippen LogP contribution in [0.3, 0.4) is 0 Å². The highest BCUT2D eigenvalue weighted by Gasteiger charge is 2.22. The summed E-state index contributed by atoms with van der Waals surface area (Å²) in [7, 11) is -3.16. The first-order valence-corrected chi connectivity index (χ1v) is 9.59. The van der Waals surface area contributed by atoms with Crippen LogP contribution in [0.2, 0.25) is 0 Å². The molecule has 0 saturated carbocycles. The van der Waals surface area contributed by atoms with Gasteiger partial charge in [0, 0.05) is 19.1 Å². The molecule has 0 amide bonds. The van der Waals surface area contributed by atoms with E-state index < -0.39 is 10.0 Å². The molecule has 0 saturated heterocycles. The molecule has 1 unspecified atom stereocenters. The Bertz CT molecular complexity index is 773. The van der Waals surface area contributed by atoms with Crippen molar-refractivity contribution in [1.82, 2.24) is 10.0 Å². The van der Waals surface area contributed by atoms with E-state index in [2.05, 4.69) is 46.4 Å². The van der Waals surface area contributed by atoms with Crippen molar-refractivity contribution in [3.63, 3.8) is 0 Å². The maximum Gasteiger partial charge on any atom is 0.211 e. The average Bonchev–Trinajstić information content (AvgIpc) is 2.96. The van der Waals surface area contributed by atoms with Crippen LogP contribution < -0.4 is 10.0 Å². The lowest BCUT2D eigenvalue weighted by Gasteiger charge is -2.13. The van der Waals surface area contributed by atoms with Crippen LogP contribution in [0.4, 0.5) is 0 Å². The molecule has 2 N–H and O–H groups in total. The van der Waals surface area contributed by atoms with Gasteiger partial charge in [0.15, 0.2) is 0 Å². The van der Waals surface area contributed by atoms with Gasteiger partial charge in [0.2, 0.25) is 10.0 Å². The van der Waals surface area contributed by atoms with E-state index in [-0.39, 0.29) is 11.8 Å². The molecule has 0 fully saturated rings. The van der Waals surface area contributed by atoms with Crippen molar-refractivity contribution < 1.29 is 8.42 Å². The Morgan fingerprint density at radius 3 is 2.65 bits per heavy atom. The number of sulfonamides is 1. The molecule has 0 spiro atoms. The van der Waals surface area contributed by atoms with Gasteiger partial charge in [0.05, 0.1) is 5.75 Å². The summed E-state index contributed by atoms with van der Waals surface area (Å²) >= 11 is 0. The van der Waals surface area contributed by atoms with Crippen LogP contribution in [0.25, 0.3) is 0 Å². The predicted molar refractivity (Wildman–Crippen MR) is 92.5 cm³/mol. The van der Waals surface area contributed by atoms with Gasteiger partial charge in [0.1, 0.15) is 0 Å². The lowest BCUT2D eigenvalue weighted by atomic mass is 9.97. The predicted octanol–water partition coefficient (Wildman–Crippen LogP) is 2.51. The lowest BCUT2D eigenvalue weighted by molar-refractivity contribution is 0.579. The fraction of sp³-hybridized carbons (Fsp3) is 0.333. The van der Waals surface area contributed by atoms with Crippen LogP contribution in [0.5, 0.6) is 0 Å². The summed E-state index contributed by atoms with van der Waals surface area (Å²) in [6.07, 6.45) is 0.942. The summed E-state index contributed by atoms with van der Waals surface area (Å²) in [5, 5.41) is 3.54. The summed E-state index contributed by atoms with van der Waals surface area (Å²) in [5.74, 6) is 0.107. The van der Waals surface area contributed by atoms with Crippen LogP contribution in [0.1, 0.15) is 35.2 Å². The fourth-order valence-corrected chi connectivity index (χ4v) is 3.50. The first-order valence-electron chi connectivity index (χ1n) is 7.94. The van der Waals surface area contributed by atoms with Gasteiger partial charge in [-0.1, -0.05) is 48.5 Å². The quantitative estimate of drug-likeness (QED) is 0.856. The van der Waals surface area contributed by atoms with Gasteiger partial charge < -0.3 is 5.32 Å². The van der Waals surface area contributed by atoms with Gasteiger partial charge in [-0.15, -0.1) is 0 Å². The second-order valence-corrected chi connectivity index (χ2v) is 7.98. The third-order valence-corrected chi connectivity index (χ3v) is 5.63. The molecule has 122 valence electrons. The van der Waals surface area contributed by atoms with Gasteiger partial charge in [-0.25, -0.2) is 13.1 Å². The molecular weight excluding hydrogens is 308 g/mol. The lowest BCUT2D eigenvalue weighted by Crippen LogP contribution is -2.24. The Labute approximate surface area is 138 Å². The molecule has 1 atom stereocenters. The summed E-state index contributed by atoms with van der Waals surface area (Å²) in [6.45, 7) is 2.86. The minimum absolute atomic E-state index is 0.107. The molecule has 1 aliphatic heterocycles. The van der Waals surface area contributed by atoms with E-state index in [9.17, 15) is 8.42 Å². The number of rotatable bonds is 6. The van der Waals surface area contributed by atoms with E-state index in [4.69, 9.17) is 0 Å². The monoisotopic (exact) mass is 330 g/mol. The van der Waals surface area contributed by atoms with Crippen molar-refractivity contribution in [1.29, 1.82) is 0 Å². The Hall–Kier alpha value is -1.69. The molecule has 5 heteroatoms. The zero-order valence-electron chi connectivity index (χ0n) is 13.2. The van der Waals surface area contributed by atoms with Crippen molar-refractivity contribution >= 4 is 10.0 Å². The normalized spacial score (nSPS) is 17.2. The van der Waals surface area contributed by atoms with Crippen LogP contribution in [0, 0.1) is 0 Å². The Morgan fingerprint density at radius 1 is 1.13 bits per heavy atom. The molecule has 4 nitrogen and oxygen atoms in total. The van der Waals surface area contributed by atoms with Gasteiger partial charge in [0.25, 0.3) is 0 Å². The second kappa shape index (κ2) is 6.83. The summed E-state index contributed by atoms with van der Waals surface area (Å²) in [4.78, 5) is 0. The molecule has 3 rings (SSSR count). The van der Waals surface area contributed by atoms with E-state index in [1.807, 2.05) is 12.1 Å². The van der Waals surface area contributed by atoms with Crippen molar-refractivity contribution in [2.24, 2.45) is 0 Å². The van der Waals surface area contributed by atoms with Crippen LogP contribution in [-0.4, -0.2) is 14.2 Å². The van der Waals surface area contributed by atoms with Gasteiger partial charge in [-0.05, 0) is 35.6 Å². The summed E-state index contributed by atoms with van der Waals surface area (Å²) in [5.41, 5.74) is 4.88. The Morgan fingerprint density at radius 2 is 1.91 bits per heavy atom. The fourth-order valence-electron chi connectivity index (χ4n) is 2.91. The van der Waals surface area contributed by atoms with Crippen molar-refractivity contribution in [2.75, 3.05) is 5.75 Å². The third kappa shape index (κ3) is 3.99. The zero-order valence-corrected chi connectivity index (χ0v) is 14.1. The van der Waals surface area contributed by atoms with Gasteiger partial charge in [-0.3, -0.25) is 0 Å². The molecule has 0 aliphatic carbocycles. The Balaban J connectivity index is 1.75.